The van der Waals surface area contributed by atoms with Crippen molar-refractivity contribution in [1.82, 2.24) is 5.32 Å². The number of amides is 2. The number of anilines is 1. The molecule has 0 bridgehead atoms. The summed E-state index contributed by atoms with van der Waals surface area (Å²) in [4.78, 5) is 23.7. The molecule has 1 aliphatic carbocycles. The molecule has 0 spiro atoms. The van der Waals surface area contributed by atoms with E-state index in [1.165, 1.54) is 5.56 Å². The molecule has 22 heavy (non-hydrogen) atoms. The number of carbonyl (C=O) groups excluding carboxylic acids is 2. The number of aryl methyl sites for hydroxylation is 1. The second kappa shape index (κ2) is 7.94. The standard InChI is InChI=1S/C17H24N2O3/c1-2-12-7-9-14(10-8-12)19-17(22)16(21)18-11-13-5-3-4-6-15(13)20/h7-10,13,15,20H,2-6,11H2,1H3,(H,18,21)(H,19,22)/t13-,15+/m0/s1. The lowest BCUT2D eigenvalue weighted by molar-refractivity contribution is -0.136. The minimum absolute atomic E-state index is 0.0503. The molecule has 0 aromatic heterocycles. The number of benzene rings is 1. The average molecular weight is 304 g/mol. The lowest BCUT2D eigenvalue weighted by atomic mass is 9.86. The van der Waals surface area contributed by atoms with E-state index < -0.39 is 11.8 Å². The fraction of sp³-hybridized carbons (Fsp3) is 0.529. The first-order chi connectivity index (χ1) is 10.6. The van der Waals surface area contributed by atoms with Crippen molar-refractivity contribution in [3.63, 3.8) is 0 Å². The van der Waals surface area contributed by atoms with E-state index in [1.54, 1.807) is 12.1 Å². The van der Waals surface area contributed by atoms with E-state index in [2.05, 4.69) is 17.6 Å². The third kappa shape index (κ3) is 4.56. The van der Waals surface area contributed by atoms with Crippen LogP contribution in [0.15, 0.2) is 24.3 Å². The van der Waals surface area contributed by atoms with Crippen LogP contribution >= 0.6 is 0 Å². The first-order valence-electron chi connectivity index (χ1n) is 7.96. The Kier molecular flexibility index (Phi) is 5.95. The SMILES string of the molecule is CCc1ccc(NC(=O)C(=O)NC[C@@H]2CCCC[C@H]2O)cc1. The van der Waals surface area contributed by atoms with Gasteiger partial charge in [-0.3, -0.25) is 9.59 Å². The fourth-order valence-corrected chi connectivity index (χ4v) is 2.74. The molecular formula is C17H24N2O3. The van der Waals surface area contributed by atoms with Crippen molar-refractivity contribution in [3.05, 3.63) is 29.8 Å². The van der Waals surface area contributed by atoms with Crippen LogP contribution in [-0.4, -0.2) is 29.6 Å². The van der Waals surface area contributed by atoms with Gasteiger partial charge >= 0.3 is 11.8 Å². The van der Waals surface area contributed by atoms with Gasteiger partial charge in [0, 0.05) is 18.2 Å². The number of nitrogens with one attached hydrogen (secondary N) is 2. The molecule has 1 saturated carbocycles. The number of aliphatic hydroxyl groups excluding tert-OH is 1. The van der Waals surface area contributed by atoms with Crippen LogP contribution in [0.5, 0.6) is 0 Å². The Hall–Kier alpha value is -1.88. The van der Waals surface area contributed by atoms with Crippen molar-refractivity contribution in [1.29, 1.82) is 0 Å². The summed E-state index contributed by atoms with van der Waals surface area (Å²) in [7, 11) is 0. The van der Waals surface area contributed by atoms with Gasteiger partial charge in [-0.25, -0.2) is 0 Å². The number of carbonyl (C=O) groups is 2. The van der Waals surface area contributed by atoms with Crippen LogP contribution in [-0.2, 0) is 16.0 Å². The predicted octanol–water partition coefficient (Wildman–Crippen LogP) is 1.85. The van der Waals surface area contributed by atoms with Gasteiger partial charge in [-0.2, -0.15) is 0 Å². The molecular weight excluding hydrogens is 280 g/mol. The normalized spacial score (nSPS) is 21.2. The van der Waals surface area contributed by atoms with Gasteiger partial charge < -0.3 is 15.7 Å². The molecule has 1 fully saturated rings. The molecule has 3 N–H and O–H groups in total. The number of rotatable bonds is 4. The molecule has 2 amide bonds. The summed E-state index contributed by atoms with van der Waals surface area (Å²) in [6.07, 6.45) is 4.31. The van der Waals surface area contributed by atoms with Crippen LogP contribution < -0.4 is 10.6 Å². The Morgan fingerprint density at radius 3 is 2.45 bits per heavy atom. The molecule has 1 aliphatic rings. The quantitative estimate of drug-likeness (QED) is 0.743. The largest absolute Gasteiger partial charge is 0.393 e. The predicted molar refractivity (Wildman–Crippen MR) is 85.4 cm³/mol. The maximum absolute atomic E-state index is 11.8. The molecule has 0 radical (unpaired) electrons. The zero-order chi connectivity index (χ0) is 15.9. The zero-order valence-corrected chi connectivity index (χ0v) is 13.0. The fourth-order valence-electron chi connectivity index (χ4n) is 2.74. The molecule has 0 heterocycles. The van der Waals surface area contributed by atoms with Crippen LogP contribution in [0.2, 0.25) is 0 Å². The summed E-state index contributed by atoms with van der Waals surface area (Å²) in [5.41, 5.74) is 1.78. The van der Waals surface area contributed by atoms with E-state index in [1.807, 2.05) is 12.1 Å². The zero-order valence-electron chi connectivity index (χ0n) is 13.0. The highest BCUT2D eigenvalue weighted by atomic mass is 16.3. The number of aliphatic hydroxyl groups is 1. The third-order valence-corrected chi connectivity index (χ3v) is 4.22. The molecule has 0 unspecified atom stereocenters. The van der Waals surface area contributed by atoms with Crippen molar-refractivity contribution in [2.75, 3.05) is 11.9 Å². The molecule has 120 valence electrons. The van der Waals surface area contributed by atoms with Crippen LogP contribution in [0.1, 0.15) is 38.2 Å². The first kappa shape index (κ1) is 16.5. The van der Waals surface area contributed by atoms with E-state index in [0.29, 0.717) is 12.2 Å². The van der Waals surface area contributed by atoms with Gasteiger partial charge in [0.2, 0.25) is 0 Å². The Morgan fingerprint density at radius 1 is 1.14 bits per heavy atom. The minimum Gasteiger partial charge on any atom is -0.393 e. The Balaban J connectivity index is 1.79. The lowest BCUT2D eigenvalue weighted by Crippen LogP contribution is -2.41. The van der Waals surface area contributed by atoms with Crippen molar-refractivity contribution in [2.45, 2.75) is 45.1 Å². The summed E-state index contributed by atoms with van der Waals surface area (Å²) in [5, 5.41) is 15.0. The van der Waals surface area contributed by atoms with E-state index in [0.717, 1.165) is 32.1 Å². The topological polar surface area (TPSA) is 78.4 Å². The molecule has 5 nitrogen and oxygen atoms in total. The van der Waals surface area contributed by atoms with Gasteiger partial charge in [0.15, 0.2) is 0 Å². The Morgan fingerprint density at radius 2 is 1.82 bits per heavy atom. The van der Waals surface area contributed by atoms with Crippen LogP contribution in [0.25, 0.3) is 0 Å². The number of hydrogen-bond acceptors (Lipinski definition) is 3. The second-order valence-electron chi connectivity index (χ2n) is 5.83. The Labute approximate surface area is 131 Å². The van der Waals surface area contributed by atoms with E-state index >= 15 is 0 Å². The summed E-state index contributed by atoms with van der Waals surface area (Å²) in [6.45, 7) is 2.41. The van der Waals surface area contributed by atoms with Crippen molar-refractivity contribution >= 4 is 17.5 Å². The van der Waals surface area contributed by atoms with Crippen molar-refractivity contribution in [3.8, 4) is 0 Å². The summed E-state index contributed by atoms with van der Waals surface area (Å²) in [6, 6.07) is 7.42. The highest BCUT2D eigenvalue weighted by Gasteiger charge is 2.24. The van der Waals surface area contributed by atoms with Gasteiger partial charge in [-0.05, 0) is 37.0 Å². The lowest BCUT2D eigenvalue weighted by Gasteiger charge is -2.27. The first-order valence-corrected chi connectivity index (χ1v) is 7.96. The molecule has 2 atom stereocenters. The van der Waals surface area contributed by atoms with Gasteiger partial charge in [-0.15, -0.1) is 0 Å². The molecule has 0 saturated heterocycles. The maximum atomic E-state index is 11.8. The molecule has 5 heteroatoms. The Bertz CT molecular complexity index is 513. The second-order valence-corrected chi connectivity index (χ2v) is 5.83. The third-order valence-electron chi connectivity index (χ3n) is 4.22. The maximum Gasteiger partial charge on any atom is 0.313 e. The molecule has 1 aromatic rings. The van der Waals surface area contributed by atoms with E-state index in [4.69, 9.17) is 0 Å². The molecule has 0 aliphatic heterocycles. The highest BCUT2D eigenvalue weighted by Crippen LogP contribution is 2.23. The van der Waals surface area contributed by atoms with Crippen LogP contribution in [0, 0.1) is 5.92 Å². The van der Waals surface area contributed by atoms with Gasteiger partial charge in [-0.1, -0.05) is 31.9 Å². The van der Waals surface area contributed by atoms with Crippen molar-refractivity contribution in [2.24, 2.45) is 5.92 Å². The summed E-state index contributed by atoms with van der Waals surface area (Å²) >= 11 is 0. The van der Waals surface area contributed by atoms with Crippen molar-refractivity contribution < 1.29 is 14.7 Å². The molecule has 2 rings (SSSR count). The van der Waals surface area contributed by atoms with E-state index in [9.17, 15) is 14.7 Å². The van der Waals surface area contributed by atoms with Crippen LogP contribution in [0.3, 0.4) is 0 Å². The van der Waals surface area contributed by atoms with Gasteiger partial charge in [0.25, 0.3) is 0 Å². The monoisotopic (exact) mass is 304 g/mol. The molecule has 1 aromatic carbocycles. The summed E-state index contributed by atoms with van der Waals surface area (Å²) < 4.78 is 0. The highest BCUT2D eigenvalue weighted by molar-refractivity contribution is 6.39. The smallest absolute Gasteiger partial charge is 0.313 e. The minimum atomic E-state index is -0.672. The van der Waals surface area contributed by atoms with Crippen LogP contribution in [0.4, 0.5) is 5.69 Å². The van der Waals surface area contributed by atoms with Gasteiger partial charge in [0.1, 0.15) is 0 Å². The average Bonchev–Trinajstić information content (AvgIpc) is 2.54. The van der Waals surface area contributed by atoms with Gasteiger partial charge in [0.05, 0.1) is 6.10 Å². The number of hydrogen-bond donors (Lipinski definition) is 3. The van der Waals surface area contributed by atoms with E-state index in [-0.39, 0.29) is 12.0 Å². The summed E-state index contributed by atoms with van der Waals surface area (Å²) in [5.74, 6) is -1.28.